The molecule has 0 aliphatic heterocycles. The first-order chi connectivity index (χ1) is 9.53. The van der Waals surface area contributed by atoms with Crippen molar-refractivity contribution < 1.29 is 12.8 Å². The number of sulfonamides is 1. The van der Waals surface area contributed by atoms with Crippen molar-refractivity contribution in [1.82, 2.24) is 9.71 Å². The van der Waals surface area contributed by atoms with E-state index in [4.69, 9.17) is 0 Å². The number of benzene rings is 1. The van der Waals surface area contributed by atoms with Crippen molar-refractivity contribution in [3.8, 4) is 0 Å². The van der Waals surface area contributed by atoms with E-state index in [0.717, 1.165) is 0 Å². The lowest BCUT2D eigenvalue weighted by Gasteiger charge is -2.10. The molecule has 7 heteroatoms. The van der Waals surface area contributed by atoms with Gasteiger partial charge in [-0.05, 0) is 23.8 Å². The van der Waals surface area contributed by atoms with Crippen molar-refractivity contribution in [3.05, 3.63) is 54.1 Å². The molecule has 0 aliphatic rings. The third-order valence-electron chi connectivity index (χ3n) is 2.72. The lowest BCUT2D eigenvalue weighted by molar-refractivity contribution is 0.581. The van der Waals surface area contributed by atoms with Crippen LogP contribution < -0.4 is 10.0 Å². The van der Waals surface area contributed by atoms with Crippen LogP contribution in [0.1, 0.15) is 5.56 Å². The van der Waals surface area contributed by atoms with E-state index in [0.29, 0.717) is 11.3 Å². The minimum Gasteiger partial charge on any atom is -0.387 e. The molecule has 2 rings (SSSR count). The third kappa shape index (κ3) is 3.31. The molecule has 5 nitrogen and oxygen atoms in total. The van der Waals surface area contributed by atoms with Crippen molar-refractivity contribution >= 4 is 15.7 Å². The summed E-state index contributed by atoms with van der Waals surface area (Å²) in [5.74, 6) is -0.360. The van der Waals surface area contributed by atoms with Gasteiger partial charge in [0.25, 0.3) is 0 Å². The maximum Gasteiger partial charge on any atom is 0.244 e. The quantitative estimate of drug-likeness (QED) is 0.881. The Kier molecular flexibility index (Phi) is 4.31. The number of anilines is 1. The fraction of sp³-hybridized carbons (Fsp3) is 0.154. The van der Waals surface area contributed by atoms with E-state index >= 15 is 0 Å². The predicted molar refractivity (Wildman–Crippen MR) is 74.2 cm³/mol. The number of nitrogens with zero attached hydrogens (tertiary/aromatic N) is 1. The molecule has 106 valence electrons. The zero-order chi connectivity index (χ0) is 14.6. The Morgan fingerprint density at radius 2 is 1.90 bits per heavy atom. The average molecular weight is 295 g/mol. The minimum atomic E-state index is -3.68. The van der Waals surface area contributed by atoms with Gasteiger partial charge in [0.15, 0.2) is 0 Å². The summed E-state index contributed by atoms with van der Waals surface area (Å²) in [6.07, 6.45) is 2.78. The van der Waals surface area contributed by atoms with Crippen molar-refractivity contribution in [3.63, 3.8) is 0 Å². The van der Waals surface area contributed by atoms with Gasteiger partial charge in [-0.1, -0.05) is 12.1 Å². The van der Waals surface area contributed by atoms with Crippen molar-refractivity contribution in [2.75, 3.05) is 12.4 Å². The minimum absolute atomic E-state index is 0.0737. The topological polar surface area (TPSA) is 71.1 Å². The monoisotopic (exact) mass is 295 g/mol. The molecule has 0 unspecified atom stereocenters. The van der Waals surface area contributed by atoms with Gasteiger partial charge in [-0.15, -0.1) is 0 Å². The summed E-state index contributed by atoms with van der Waals surface area (Å²) < 4.78 is 39.6. The Balaban J connectivity index is 2.17. The van der Waals surface area contributed by atoms with Crippen LogP contribution >= 0.6 is 0 Å². The van der Waals surface area contributed by atoms with Crippen LogP contribution in [0.5, 0.6) is 0 Å². The Hall–Kier alpha value is -1.99. The second-order valence-corrected chi connectivity index (χ2v) is 5.81. The van der Waals surface area contributed by atoms with Gasteiger partial charge >= 0.3 is 0 Å². The molecular formula is C13H14FN3O2S. The van der Waals surface area contributed by atoms with Crippen LogP contribution in [0.3, 0.4) is 0 Å². The Morgan fingerprint density at radius 3 is 2.55 bits per heavy atom. The number of aromatic nitrogens is 1. The SMILES string of the molecule is CNc1ccncc1S(=O)(=O)NCc1ccc(F)cc1. The van der Waals surface area contributed by atoms with Crippen molar-refractivity contribution in [2.24, 2.45) is 0 Å². The summed E-state index contributed by atoms with van der Waals surface area (Å²) in [5.41, 5.74) is 1.14. The van der Waals surface area contributed by atoms with E-state index < -0.39 is 10.0 Å². The highest BCUT2D eigenvalue weighted by atomic mass is 32.2. The molecule has 0 bridgehead atoms. The number of pyridine rings is 1. The normalized spacial score (nSPS) is 11.3. The summed E-state index contributed by atoms with van der Waals surface area (Å²) in [6.45, 7) is 0.0840. The molecule has 2 aromatic rings. The fourth-order valence-electron chi connectivity index (χ4n) is 1.66. The van der Waals surface area contributed by atoms with E-state index in [1.54, 1.807) is 13.1 Å². The van der Waals surface area contributed by atoms with Crippen LogP contribution in [-0.2, 0) is 16.6 Å². The largest absolute Gasteiger partial charge is 0.387 e. The molecule has 1 heterocycles. The Morgan fingerprint density at radius 1 is 1.20 bits per heavy atom. The smallest absolute Gasteiger partial charge is 0.244 e. The molecule has 0 atom stereocenters. The number of rotatable bonds is 5. The maximum atomic E-state index is 12.8. The van der Waals surface area contributed by atoms with Gasteiger partial charge in [0, 0.05) is 26.0 Å². The molecule has 0 saturated carbocycles. The molecule has 20 heavy (non-hydrogen) atoms. The lowest BCUT2D eigenvalue weighted by Crippen LogP contribution is -2.24. The first kappa shape index (κ1) is 14.4. The molecule has 0 amide bonds. The molecule has 0 spiro atoms. The van der Waals surface area contributed by atoms with Gasteiger partial charge < -0.3 is 5.32 Å². The first-order valence-electron chi connectivity index (χ1n) is 5.89. The summed E-state index contributed by atoms with van der Waals surface area (Å²) in [7, 11) is -2.05. The second kappa shape index (κ2) is 5.98. The highest BCUT2D eigenvalue weighted by Crippen LogP contribution is 2.18. The van der Waals surface area contributed by atoms with E-state index in [-0.39, 0.29) is 17.3 Å². The van der Waals surface area contributed by atoms with Crippen molar-refractivity contribution in [1.29, 1.82) is 0 Å². The van der Waals surface area contributed by atoms with E-state index in [9.17, 15) is 12.8 Å². The van der Waals surface area contributed by atoms with Crippen molar-refractivity contribution in [2.45, 2.75) is 11.4 Å². The summed E-state index contributed by atoms with van der Waals surface area (Å²) in [6, 6.07) is 7.20. The summed E-state index contributed by atoms with van der Waals surface area (Å²) in [4.78, 5) is 3.89. The van der Waals surface area contributed by atoms with E-state index in [2.05, 4.69) is 15.0 Å². The molecule has 0 saturated heterocycles. The van der Waals surface area contributed by atoms with E-state index in [1.807, 2.05) is 0 Å². The molecule has 1 aromatic carbocycles. The number of hydrogen-bond acceptors (Lipinski definition) is 4. The highest BCUT2D eigenvalue weighted by Gasteiger charge is 2.17. The Bertz CT molecular complexity index is 687. The zero-order valence-electron chi connectivity index (χ0n) is 10.8. The zero-order valence-corrected chi connectivity index (χ0v) is 11.6. The summed E-state index contributed by atoms with van der Waals surface area (Å²) in [5, 5.41) is 2.80. The van der Waals surface area contributed by atoms with Crippen LogP contribution in [0, 0.1) is 5.82 Å². The molecule has 1 aromatic heterocycles. The predicted octanol–water partition coefficient (Wildman–Crippen LogP) is 1.74. The molecular weight excluding hydrogens is 281 g/mol. The molecule has 0 fully saturated rings. The molecule has 0 radical (unpaired) electrons. The molecule has 2 N–H and O–H groups in total. The number of halogens is 1. The fourth-order valence-corrected chi connectivity index (χ4v) is 2.83. The second-order valence-electron chi connectivity index (χ2n) is 4.07. The number of nitrogens with one attached hydrogen (secondary N) is 2. The standard InChI is InChI=1S/C13H14FN3O2S/c1-15-12-6-7-16-9-13(12)20(18,19)17-8-10-2-4-11(14)5-3-10/h2-7,9,17H,8H2,1H3,(H,15,16). The van der Waals surface area contributed by atoms with Crippen LogP contribution in [0.15, 0.2) is 47.6 Å². The van der Waals surface area contributed by atoms with Gasteiger partial charge in [-0.25, -0.2) is 17.5 Å². The van der Waals surface area contributed by atoms with Gasteiger partial charge in [0.05, 0.1) is 5.69 Å². The van der Waals surface area contributed by atoms with Crippen LogP contribution in [0.4, 0.5) is 10.1 Å². The number of hydrogen-bond donors (Lipinski definition) is 2. The third-order valence-corrected chi connectivity index (χ3v) is 4.15. The maximum absolute atomic E-state index is 12.8. The molecule has 0 aliphatic carbocycles. The summed E-state index contributed by atoms with van der Waals surface area (Å²) >= 11 is 0. The van der Waals surface area contributed by atoms with Crippen LogP contribution in [-0.4, -0.2) is 20.4 Å². The Labute approximate surface area is 116 Å². The first-order valence-corrected chi connectivity index (χ1v) is 7.37. The van der Waals surface area contributed by atoms with E-state index in [1.165, 1.54) is 36.7 Å². The lowest BCUT2D eigenvalue weighted by atomic mass is 10.2. The van der Waals surface area contributed by atoms with Gasteiger partial charge in [-0.3, -0.25) is 4.98 Å². The average Bonchev–Trinajstić information content (AvgIpc) is 2.46. The van der Waals surface area contributed by atoms with Crippen LogP contribution in [0.2, 0.25) is 0 Å². The highest BCUT2D eigenvalue weighted by molar-refractivity contribution is 7.89. The van der Waals surface area contributed by atoms with Gasteiger partial charge in [0.1, 0.15) is 10.7 Å². The van der Waals surface area contributed by atoms with Crippen LogP contribution in [0.25, 0.3) is 0 Å². The van der Waals surface area contributed by atoms with Gasteiger partial charge in [0.2, 0.25) is 10.0 Å². The van der Waals surface area contributed by atoms with Gasteiger partial charge in [-0.2, -0.15) is 0 Å².